The average molecular weight is 192 g/mol. The lowest BCUT2D eigenvalue weighted by molar-refractivity contribution is -0.0498. The van der Waals surface area contributed by atoms with E-state index in [-0.39, 0.29) is 5.75 Å². The smallest absolute Gasteiger partial charge is 0.387 e. The highest BCUT2D eigenvalue weighted by Gasteiger charge is 2.02. The number of ether oxygens (including phenoxy) is 1. The molecule has 1 rings (SSSR count). The van der Waals surface area contributed by atoms with E-state index in [1.54, 1.807) is 0 Å². The zero-order chi connectivity index (χ0) is 10.3. The minimum Gasteiger partial charge on any atom is -0.435 e. The first kappa shape index (κ1) is 11.8. The summed E-state index contributed by atoms with van der Waals surface area (Å²) in [5, 5.41) is 0. The van der Waals surface area contributed by atoms with Crippen molar-refractivity contribution in [2.45, 2.75) is 20.5 Å². The van der Waals surface area contributed by atoms with Gasteiger partial charge in [-0.3, -0.25) is 0 Å². The fraction of sp³-hybridized carbons (Fsp3) is 0.333. The molecular formula is C9H11F3O. The molecule has 0 saturated carbocycles. The van der Waals surface area contributed by atoms with Gasteiger partial charge in [0.2, 0.25) is 0 Å². The first-order chi connectivity index (χ1) is 6.18. The Morgan fingerprint density at radius 2 is 1.54 bits per heavy atom. The van der Waals surface area contributed by atoms with Crippen LogP contribution < -0.4 is 4.74 Å². The van der Waals surface area contributed by atoms with Gasteiger partial charge in [0.05, 0.1) is 0 Å². The van der Waals surface area contributed by atoms with E-state index in [2.05, 4.69) is 4.74 Å². The number of rotatable bonds is 2. The molecule has 1 aromatic carbocycles. The molecule has 0 saturated heterocycles. The molecule has 0 unspecified atom stereocenters. The topological polar surface area (TPSA) is 9.23 Å². The largest absolute Gasteiger partial charge is 0.435 e. The van der Waals surface area contributed by atoms with Gasteiger partial charge < -0.3 is 4.74 Å². The summed E-state index contributed by atoms with van der Waals surface area (Å²) in [6, 6.07) is 4.39. The Kier molecular flexibility index (Phi) is 5.76. The van der Waals surface area contributed by atoms with E-state index in [1.807, 2.05) is 13.8 Å². The monoisotopic (exact) mass is 192 g/mol. The van der Waals surface area contributed by atoms with E-state index in [1.165, 1.54) is 0 Å². The summed E-state index contributed by atoms with van der Waals surface area (Å²) < 4.78 is 39.2. The van der Waals surface area contributed by atoms with Crippen molar-refractivity contribution < 1.29 is 17.9 Å². The van der Waals surface area contributed by atoms with Gasteiger partial charge in [-0.1, -0.05) is 13.8 Å². The Balaban J connectivity index is 0.000000671. The minimum atomic E-state index is -2.86. The number of benzene rings is 1. The van der Waals surface area contributed by atoms with Crippen molar-refractivity contribution in [2.75, 3.05) is 0 Å². The van der Waals surface area contributed by atoms with E-state index in [4.69, 9.17) is 0 Å². The van der Waals surface area contributed by atoms with Gasteiger partial charge in [0.1, 0.15) is 11.6 Å². The van der Waals surface area contributed by atoms with Crippen LogP contribution in [0.1, 0.15) is 13.8 Å². The van der Waals surface area contributed by atoms with E-state index in [9.17, 15) is 13.2 Å². The van der Waals surface area contributed by atoms with E-state index in [0.29, 0.717) is 0 Å². The van der Waals surface area contributed by atoms with Crippen molar-refractivity contribution in [1.29, 1.82) is 0 Å². The summed E-state index contributed by atoms with van der Waals surface area (Å²) in [4.78, 5) is 0. The number of alkyl halides is 2. The van der Waals surface area contributed by atoms with Crippen molar-refractivity contribution >= 4 is 0 Å². The van der Waals surface area contributed by atoms with Crippen LogP contribution in [-0.4, -0.2) is 6.61 Å². The standard InChI is InChI=1S/C7H5F3O.C2H6/c8-5-1-3-6(4-2-5)11-7(9)10;1-2/h1-4,7H;1-2H3. The fourth-order valence-electron chi connectivity index (χ4n) is 0.616. The molecule has 1 aromatic rings. The van der Waals surface area contributed by atoms with Crippen LogP contribution in [0.4, 0.5) is 13.2 Å². The van der Waals surface area contributed by atoms with Crippen molar-refractivity contribution in [3.05, 3.63) is 30.1 Å². The molecule has 0 fully saturated rings. The first-order valence-electron chi connectivity index (χ1n) is 3.89. The maximum Gasteiger partial charge on any atom is 0.387 e. The van der Waals surface area contributed by atoms with Gasteiger partial charge in [0.15, 0.2) is 0 Å². The highest BCUT2D eigenvalue weighted by atomic mass is 19.3. The van der Waals surface area contributed by atoms with Crippen molar-refractivity contribution in [3.8, 4) is 5.75 Å². The lowest BCUT2D eigenvalue weighted by Gasteiger charge is -2.02. The molecule has 0 aromatic heterocycles. The van der Waals surface area contributed by atoms with Crippen LogP contribution in [0, 0.1) is 5.82 Å². The van der Waals surface area contributed by atoms with Crippen LogP contribution in [0.3, 0.4) is 0 Å². The molecule has 0 spiro atoms. The maximum atomic E-state index is 12.2. The van der Waals surface area contributed by atoms with E-state index >= 15 is 0 Å². The number of hydrogen-bond donors (Lipinski definition) is 0. The summed E-state index contributed by atoms with van der Waals surface area (Å²) in [6.45, 7) is 1.14. The summed E-state index contributed by atoms with van der Waals surface area (Å²) >= 11 is 0. The molecular weight excluding hydrogens is 181 g/mol. The quantitative estimate of drug-likeness (QED) is 0.697. The SMILES string of the molecule is CC.Fc1ccc(OC(F)F)cc1. The molecule has 4 heteroatoms. The molecule has 0 N–H and O–H groups in total. The third kappa shape index (κ3) is 5.11. The van der Waals surface area contributed by atoms with Crippen LogP contribution in [-0.2, 0) is 0 Å². The Morgan fingerprint density at radius 3 is 1.92 bits per heavy atom. The molecule has 1 nitrogen and oxygen atoms in total. The van der Waals surface area contributed by atoms with Gasteiger partial charge in [-0.25, -0.2) is 4.39 Å². The van der Waals surface area contributed by atoms with E-state index in [0.717, 1.165) is 24.3 Å². The van der Waals surface area contributed by atoms with Crippen LogP contribution in [0.2, 0.25) is 0 Å². The zero-order valence-electron chi connectivity index (χ0n) is 7.43. The van der Waals surface area contributed by atoms with Crippen LogP contribution in [0.25, 0.3) is 0 Å². The first-order valence-corrected chi connectivity index (χ1v) is 3.89. The molecule has 74 valence electrons. The van der Waals surface area contributed by atoms with Crippen LogP contribution in [0.15, 0.2) is 24.3 Å². The second-order valence-corrected chi connectivity index (χ2v) is 1.83. The Bertz CT molecular complexity index is 221. The summed E-state index contributed by atoms with van der Waals surface area (Å²) in [5.74, 6) is -0.520. The van der Waals surface area contributed by atoms with Crippen LogP contribution >= 0.6 is 0 Å². The minimum absolute atomic E-state index is 0.0404. The average Bonchev–Trinajstić information content (AvgIpc) is 2.12. The Labute approximate surface area is 75.1 Å². The van der Waals surface area contributed by atoms with Gasteiger partial charge in [-0.05, 0) is 24.3 Å². The molecule has 0 aliphatic heterocycles. The molecule has 0 radical (unpaired) electrons. The third-order valence-corrected chi connectivity index (χ3v) is 1.04. The predicted molar refractivity (Wildman–Crippen MR) is 44.4 cm³/mol. The second kappa shape index (κ2) is 6.34. The van der Waals surface area contributed by atoms with Gasteiger partial charge in [-0.2, -0.15) is 8.78 Å². The molecule has 0 aliphatic rings. The number of hydrogen-bond acceptors (Lipinski definition) is 1. The van der Waals surface area contributed by atoms with Crippen molar-refractivity contribution in [2.24, 2.45) is 0 Å². The fourth-order valence-corrected chi connectivity index (χ4v) is 0.616. The molecule has 0 atom stereocenters. The maximum absolute atomic E-state index is 12.2. The summed E-state index contributed by atoms with van der Waals surface area (Å²) in [6.07, 6.45) is 0. The lowest BCUT2D eigenvalue weighted by Crippen LogP contribution is -2.01. The van der Waals surface area contributed by atoms with Crippen molar-refractivity contribution in [3.63, 3.8) is 0 Å². The van der Waals surface area contributed by atoms with Gasteiger partial charge in [0, 0.05) is 0 Å². The van der Waals surface area contributed by atoms with E-state index < -0.39 is 12.4 Å². The molecule has 0 aliphatic carbocycles. The van der Waals surface area contributed by atoms with Crippen molar-refractivity contribution in [1.82, 2.24) is 0 Å². The normalized spacial score (nSPS) is 9.08. The number of halogens is 3. The Morgan fingerprint density at radius 1 is 1.08 bits per heavy atom. The molecule has 0 heterocycles. The molecule has 13 heavy (non-hydrogen) atoms. The Hall–Kier alpha value is -1.19. The zero-order valence-corrected chi connectivity index (χ0v) is 7.43. The lowest BCUT2D eigenvalue weighted by atomic mass is 10.3. The highest BCUT2D eigenvalue weighted by molar-refractivity contribution is 5.21. The second-order valence-electron chi connectivity index (χ2n) is 1.83. The predicted octanol–water partition coefficient (Wildman–Crippen LogP) is 3.45. The van der Waals surface area contributed by atoms with Crippen LogP contribution in [0.5, 0.6) is 5.75 Å². The molecule has 0 bridgehead atoms. The van der Waals surface area contributed by atoms with Gasteiger partial charge in [-0.15, -0.1) is 0 Å². The van der Waals surface area contributed by atoms with Gasteiger partial charge in [0.25, 0.3) is 0 Å². The third-order valence-electron chi connectivity index (χ3n) is 1.04. The highest BCUT2D eigenvalue weighted by Crippen LogP contribution is 2.13. The summed E-state index contributed by atoms with van der Waals surface area (Å²) in [5.41, 5.74) is 0. The van der Waals surface area contributed by atoms with Gasteiger partial charge >= 0.3 is 6.61 Å². The molecule has 0 amide bonds. The summed E-state index contributed by atoms with van der Waals surface area (Å²) in [7, 11) is 0.